The summed E-state index contributed by atoms with van der Waals surface area (Å²) in [7, 11) is 0. The van der Waals surface area contributed by atoms with E-state index in [9.17, 15) is 15.2 Å². The van der Waals surface area contributed by atoms with E-state index in [1.54, 1.807) is 17.0 Å². The summed E-state index contributed by atoms with van der Waals surface area (Å²) in [6.45, 7) is 4.10. The van der Waals surface area contributed by atoms with E-state index >= 15 is 0 Å². The summed E-state index contributed by atoms with van der Waals surface area (Å²) in [6.07, 6.45) is 1.19. The van der Waals surface area contributed by atoms with Crippen molar-refractivity contribution in [2.75, 3.05) is 13.2 Å². The minimum atomic E-state index is -0.0529. The van der Waals surface area contributed by atoms with Gasteiger partial charge in [0.25, 0.3) is 5.89 Å². The van der Waals surface area contributed by atoms with Crippen LogP contribution in [0.15, 0.2) is 40.9 Å². The van der Waals surface area contributed by atoms with E-state index in [1.807, 2.05) is 38.1 Å². The number of rotatable bonds is 6. The molecule has 5 rings (SSSR count). The van der Waals surface area contributed by atoms with Crippen molar-refractivity contribution in [1.29, 1.82) is 5.26 Å². The van der Waals surface area contributed by atoms with Gasteiger partial charge in [-0.1, -0.05) is 17.3 Å². The smallest absolute Gasteiger partial charge is 0.258 e. The summed E-state index contributed by atoms with van der Waals surface area (Å²) < 4.78 is 11.3. The fraction of sp³-hybridized carbons (Fsp3) is 0.360. The molecular weight excluding hydrogens is 420 g/mol. The number of hydrogen-bond acceptors (Lipinski definition) is 7. The van der Waals surface area contributed by atoms with Crippen LogP contribution in [0.3, 0.4) is 0 Å². The average Bonchev–Trinajstić information content (AvgIpc) is 3.49. The van der Waals surface area contributed by atoms with Gasteiger partial charge >= 0.3 is 0 Å². The molecule has 1 saturated heterocycles. The number of carbonyl (C=O) groups is 1. The number of nitrogens with zero attached hydrogens (tertiary/aromatic N) is 4. The largest absolute Gasteiger partial charge is 0.490 e. The lowest BCUT2D eigenvalue weighted by Crippen LogP contribution is -2.30. The van der Waals surface area contributed by atoms with Gasteiger partial charge in [0.05, 0.1) is 24.3 Å². The summed E-state index contributed by atoms with van der Waals surface area (Å²) >= 11 is 0. The van der Waals surface area contributed by atoms with E-state index in [2.05, 4.69) is 16.2 Å². The Labute approximate surface area is 191 Å². The van der Waals surface area contributed by atoms with Gasteiger partial charge in [-0.25, -0.2) is 0 Å². The van der Waals surface area contributed by atoms with Crippen LogP contribution in [0.2, 0.25) is 0 Å². The van der Waals surface area contributed by atoms with Gasteiger partial charge in [0.1, 0.15) is 11.8 Å². The van der Waals surface area contributed by atoms with Crippen molar-refractivity contribution in [1.82, 2.24) is 15.0 Å². The van der Waals surface area contributed by atoms with Crippen molar-refractivity contribution < 1.29 is 19.2 Å². The molecule has 2 atom stereocenters. The molecule has 2 heterocycles. The van der Waals surface area contributed by atoms with Crippen LogP contribution in [0.1, 0.15) is 43.0 Å². The zero-order valence-electron chi connectivity index (χ0n) is 18.5. The fourth-order valence-corrected chi connectivity index (χ4v) is 4.98. The molecule has 168 valence electrons. The molecule has 1 unspecified atom stereocenters. The third-order valence-corrected chi connectivity index (χ3v) is 6.25. The van der Waals surface area contributed by atoms with Gasteiger partial charge in [-0.15, -0.1) is 0 Å². The first-order valence-electron chi connectivity index (χ1n) is 11.1. The van der Waals surface area contributed by atoms with Crippen LogP contribution in [0.5, 0.6) is 5.75 Å². The molecule has 0 spiro atoms. The lowest BCUT2D eigenvalue weighted by Gasteiger charge is -2.24. The van der Waals surface area contributed by atoms with E-state index < -0.39 is 0 Å². The van der Waals surface area contributed by atoms with Crippen molar-refractivity contribution in [3.8, 4) is 34.7 Å². The van der Waals surface area contributed by atoms with Gasteiger partial charge < -0.3 is 19.3 Å². The number of benzene rings is 2. The molecule has 1 fully saturated rings. The lowest BCUT2D eigenvalue weighted by atomic mass is 10.0. The molecule has 8 heteroatoms. The SMILES string of the molecule is CC(C)Oc1ccc(-c2noc(-c3cccc4c3C[C@@H]3CC(=O)N(CCO)C43)n2)cc1C#N. The summed E-state index contributed by atoms with van der Waals surface area (Å²) in [5.41, 5.74) is 4.13. The molecule has 0 saturated carbocycles. The Morgan fingerprint density at radius 1 is 1.30 bits per heavy atom. The Bertz CT molecular complexity index is 1260. The van der Waals surface area contributed by atoms with Crippen LogP contribution < -0.4 is 4.74 Å². The van der Waals surface area contributed by atoms with Gasteiger partial charge in [-0.3, -0.25) is 4.79 Å². The van der Waals surface area contributed by atoms with Crippen LogP contribution in [0.25, 0.3) is 22.8 Å². The summed E-state index contributed by atoms with van der Waals surface area (Å²) in [4.78, 5) is 18.8. The Balaban J connectivity index is 1.48. The molecule has 1 aliphatic heterocycles. The Morgan fingerprint density at radius 2 is 2.15 bits per heavy atom. The monoisotopic (exact) mass is 444 g/mol. The molecular formula is C25H24N4O4. The third-order valence-electron chi connectivity index (χ3n) is 6.25. The normalized spacial score (nSPS) is 19.0. The number of aliphatic hydroxyl groups excluding tert-OH is 1. The maximum atomic E-state index is 12.4. The second-order valence-corrected chi connectivity index (χ2v) is 8.71. The second kappa shape index (κ2) is 8.34. The topological polar surface area (TPSA) is 112 Å². The summed E-state index contributed by atoms with van der Waals surface area (Å²) in [5, 5.41) is 23.1. The first-order valence-corrected chi connectivity index (χ1v) is 11.1. The Hall–Kier alpha value is -3.70. The van der Waals surface area contributed by atoms with Crippen molar-refractivity contribution >= 4 is 5.91 Å². The van der Waals surface area contributed by atoms with Gasteiger partial charge in [-0.2, -0.15) is 10.2 Å². The molecule has 0 radical (unpaired) electrons. The van der Waals surface area contributed by atoms with Crippen LogP contribution >= 0.6 is 0 Å². The van der Waals surface area contributed by atoms with Crippen LogP contribution in [0, 0.1) is 17.2 Å². The van der Waals surface area contributed by atoms with Gasteiger partial charge in [0, 0.05) is 24.1 Å². The predicted molar refractivity (Wildman–Crippen MR) is 119 cm³/mol. The standard InChI is InChI=1S/C25H24N4O4/c1-14(2)32-21-7-6-15(10-17(21)13-26)24-27-25(33-28-24)19-5-3-4-18-20(19)11-16-12-22(31)29(8-9-30)23(16)18/h3-7,10,14,16,23,30H,8-9,11-12H2,1-2H3/t16-,23?/m1/s1. The van der Waals surface area contributed by atoms with Crippen molar-refractivity contribution in [2.45, 2.75) is 38.8 Å². The number of hydrogen-bond donors (Lipinski definition) is 1. The molecule has 1 aliphatic carbocycles. The van der Waals surface area contributed by atoms with Crippen LogP contribution in [-0.4, -0.2) is 45.3 Å². The lowest BCUT2D eigenvalue weighted by molar-refractivity contribution is -0.129. The number of ether oxygens (including phenoxy) is 1. The summed E-state index contributed by atoms with van der Waals surface area (Å²) in [5.74, 6) is 1.60. The highest BCUT2D eigenvalue weighted by Crippen LogP contribution is 2.49. The molecule has 33 heavy (non-hydrogen) atoms. The average molecular weight is 444 g/mol. The first kappa shape index (κ1) is 21.2. The summed E-state index contributed by atoms with van der Waals surface area (Å²) in [6, 6.07) is 13.3. The number of aromatic nitrogens is 2. The minimum absolute atomic E-state index is 0.0197. The minimum Gasteiger partial charge on any atom is -0.490 e. The number of likely N-dealkylation sites (tertiary alicyclic amines) is 1. The van der Waals surface area contributed by atoms with Crippen LogP contribution in [0.4, 0.5) is 0 Å². The van der Waals surface area contributed by atoms with Crippen molar-refractivity contribution in [2.24, 2.45) is 5.92 Å². The quantitative estimate of drug-likeness (QED) is 0.619. The number of β-amino-alcohol motifs (C(OH)–C–C–N with tert-alkyl or cyclic N) is 1. The van der Waals surface area contributed by atoms with E-state index in [4.69, 9.17) is 9.26 Å². The van der Waals surface area contributed by atoms with Crippen molar-refractivity contribution in [3.63, 3.8) is 0 Å². The van der Waals surface area contributed by atoms with E-state index in [-0.39, 0.29) is 30.6 Å². The first-order chi connectivity index (χ1) is 16.0. The number of aliphatic hydroxyl groups is 1. The van der Waals surface area contributed by atoms with E-state index in [0.29, 0.717) is 41.6 Å². The molecule has 2 aromatic carbocycles. The molecule has 0 bridgehead atoms. The van der Waals surface area contributed by atoms with Gasteiger partial charge in [0.2, 0.25) is 11.7 Å². The zero-order chi connectivity index (χ0) is 23.1. The molecule has 1 aromatic heterocycles. The van der Waals surface area contributed by atoms with E-state index in [0.717, 1.165) is 23.1 Å². The maximum Gasteiger partial charge on any atom is 0.258 e. The second-order valence-electron chi connectivity index (χ2n) is 8.71. The highest BCUT2D eigenvalue weighted by molar-refractivity contribution is 5.81. The number of fused-ring (bicyclic) bond motifs is 3. The number of amides is 1. The Morgan fingerprint density at radius 3 is 2.91 bits per heavy atom. The third kappa shape index (κ3) is 3.64. The number of carbonyl (C=O) groups excluding carboxylic acids is 1. The molecule has 3 aromatic rings. The maximum absolute atomic E-state index is 12.4. The highest BCUT2D eigenvalue weighted by Gasteiger charge is 2.46. The Kier molecular flexibility index (Phi) is 5.35. The molecule has 2 aliphatic rings. The van der Waals surface area contributed by atoms with Gasteiger partial charge in [-0.05, 0) is 61.6 Å². The predicted octanol–water partition coefficient (Wildman–Crippen LogP) is 3.50. The highest BCUT2D eigenvalue weighted by atomic mass is 16.5. The van der Waals surface area contributed by atoms with Gasteiger partial charge in [0.15, 0.2) is 0 Å². The molecule has 1 N–H and O–H groups in total. The van der Waals surface area contributed by atoms with E-state index in [1.165, 1.54) is 0 Å². The zero-order valence-corrected chi connectivity index (χ0v) is 18.5. The molecule has 1 amide bonds. The molecule has 8 nitrogen and oxygen atoms in total. The number of nitriles is 1. The van der Waals surface area contributed by atoms with Crippen molar-refractivity contribution in [3.05, 3.63) is 53.1 Å². The van der Waals surface area contributed by atoms with Crippen LogP contribution in [-0.2, 0) is 11.2 Å². The fourth-order valence-electron chi connectivity index (χ4n) is 4.98.